The van der Waals surface area contributed by atoms with E-state index in [0.29, 0.717) is 0 Å². The Labute approximate surface area is 97.1 Å². The van der Waals surface area contributed by atoms with Gasteiger partial charge >= 0.3 is 0 Å². The van der Waals surface area contributed by atoms with Crippen molar-refractivity contribution in [3.05, 3.63) is 14.1 Å². The molecular formula is C10H14INS. The monoisotopic (exact) mass is 307 g/mol. The zero-order chi connectivity index (χ0) is 9.26. The summed E-state index contributed by atoms with van der Waals surface area (Å²) in [4.78, 5) is 4.59. The van der Waals surface area contributed by atoms with Gasteiger partial charge in [-0.15, -0.1) is 11.3 Å². The average Bonchev–Trinajstić information content (AvgIpc) is 2.53. The molecule has 0 radical (unpaired) electrons. The molecule has 1 fully saturated rings. The second-order valence-electron chi connectivity index (χ2n) is 3.89. The first kappa shape index (κ1) is 9.90. The Bertz CT molecular complexity index is 284. The van der Waals surface area contributed by atoms with Crippen LogP contribution in [-0.4, -0.2) is 4.98 Å². The topological polar surface area (TPSA) is 12.9 Å². The van der Waals surface area contributed by atoms with Crippen molar-refractivity contribution in [2.45, 2.75) is 38.5 Å². The zero-order valence-corrected chi connectivity index (χ0v) is 10.8. The van der Waals surface area contributed by atoms with Gasteiger partial charge in [-0.2, -0.15) is 0 Å². The Morgan fingerprint density at radius 3 is 2.85 bits per heavy atom. The van der Waals surface area contributed by atoms with Crippen LogP contribution in [0.25, 0.3) is 0 Å². The Morgan fingerprint density at radius 2 is 2.23 bits per heavy atom. The van der Waals surface area contributed by atoms with Crippen LogP contribution in [-0.2, 0) is 0 Å². The first-order valence-electron chi connectivity index (χ1n) is 4.88. The first-order chi connectivity index (χ1) is 6.27. The molecule has 0 saturated heterocycles. The lowest BCUT2D eigenvalue weighted by atomic mass is 9.79. The van der Waals surface area contributed by atoms with Gasteiger partial charge in [0.15, 0.2) is 3.01 Å². The number of aromatic nitrogens is 1. The highest BCUT2D eigenvalue weighted by Gasteiger charge is 2.24. The fourth-order valence-electron chi connectivity index (χ4n) is 2.19. The third kappa shape index (κ3) is 2.24. The number of hydrogen-bond donors (Lipinski definition) is 0. The first-order valence-corrected chi connectivity index (χ1v) is 6.84. The van der Waals surface area contributed by atoms with E-state index < -0.39 is 0 Å². The van der Waals surface area contributed by atoms with Gasteiger partial charge in [-0.05, 0) is 34.9 Å². The van der Waals surface area contributed by atoms with Crippen LogP contribution >= 0.6 is 33.9 Å². The molecule has 1 aliphatic rings. The van der Waals surface area contributed by atoms with Gasteiger partial charge in [0.1, 0.15) is 0 Å². The molecule has 0 bridgehead atoms. The average molecular weight is 307 g/mol. The molecule has 1 aromatic rings. The van der Waals surface area contributed by atoms with Crippen molar-refractivity contribution in [2.75, 3.05) is 0 Å². The van der Waals surface area contributed by atoms with Gasteiger partial charge < -0.3 is 0 Å². The van der Waals surface area contributed by atoms with E-state index in [4.69, 9.17) is 0 Å². The summed E-state index contributed by atoms with van der Waals surface area (Å²) in [5.41, 5.74) is 1.35. The second-order valence-corrected chi connectivity index (χ2v) is 6.51. The van der Waals surface area contributed by atoms with Crippen LogP contribution in [0.3, 0.4) is 0 Å². The maximum atomic E-state index is 4.59. The molecule has 1 nitrogen and oxygen atoms in total. The third-order valence-corrected chi connectivity index (χ3v) is 4.63. The Kier molecular flexibility index (Phi) is 3.24. The van der Waals surface area contributed by atoms with Crippen molar-refractivity contribution >= 4 is 33.9 Å². The molecule has 0 amide bonds. The smallest absolute Gasteiger partial charge is 0.154 e. The van der Waals surface area contributed by atoms with Crippen LogP contribution in [0.2, 0.25) is 0 Å². The quantitative estimate of drug-likeness (QED) is 0.714. The van der Waals surface area contributed by atoms with Gasteiger partial charge in [0.2, 0.25) is 0 Å². The van der Waals surface area contributed by atoms with E-state index in [1.807, 2.05) is 0 Å². The van der Waals surface area contributed by atoms with Crippen molar-refractivity contribution < 1.29 is 0 Å². The minimum atomic E-state index is 0.744. The number of thiazole rings is 1. The predicted octanol–water partition coefficient (Wildman–Crippen LogP) is 4.04. The molecular weight excluding hydrogens is 293 g/mol. The maximum absolute atomic E-state index is 4.59. The molecule has 1 saturated carbocycles. The van der Waals surface area contributed by atoms with E-state index >= 15 is 0 Å². The summed E-state index contributed by atoms with van der Waals surface area (Å²) >= 11 is 4.09. The van der Waals surface area contributed by atoms with Crippen LogP contribution < -0.4 is 0 Å². The van der Waals surface area contributed by atoms with Crippen LogP contribution in [0, 0.1) is 8.93 Å². The SMILES string of the molecule is CC1CCCCC1c1csc(I)n1. The van der Waals surface area contributed by atoms with Crippen molar-refractivity contribution in [1.29, 1.82) is 0 Å². The summed E-state index contributed by atoms with van der Waals surface area (Å²) in [6.45, 7) is 2.37. The van der Waals surface area contributed by atoms with Crippen molar-refractivity contribution in [2.24, 2.45) is 5.92 Å². The molecule has 1 aromatic heterocycles. The molecule has 0 N–H and O–H groups in total. The van der Waals surface area contributed by atoms with E-state index in [1.54, 1.807) is 11.3 Å². The van der Waals surface area contributed by atoms with Crippen LogP contribution in [0.15, 0.2) is 5.38 Å². The van der Waals surface area contributed by atoms with Crippen LogP contribution in [0.4, 0.5) is 0 Å². The molecule has 72 valence electrons. The predicted molar refractivity (Wildman–Crippen MR) is 65.2 cm³/mol. The maximum Gasteiger partial charge on any atom is 0.154 e. The number of rotatable bonds is 1. The molecule has 3 heteroatoms. The summed E-state index contributed by atoms with van der Waals surface area (Å²) in [5, 5.41) is 2.24. The highest BCUT2D eigenvalue weighted by Crippen LogP contribution is 2.37. The van der Waals surface area contributed by atoms with Gasteiger partial charge in [0.25, 0.3) is 0 Å². The molecule has 2 atom stereocenters. The van der Waals surface area contributed by atoms with Gasteiger partial charge in [0, 0.05) is 11.3 Å². The Hall–Kier alpha value is 0.360. The van der Waals surface area contributed by atoms with E-state index in [0.717, 1.165) is 11.8 Å². The number of nitrogens with zero attached hydrogens (tertiary/aromatic N) is 1. The largest absolute Gasteiger partial charge is 0.235 e. The van der Waals surface area contributed by atoms with Crippen molar-refractivity contribution in [3.63, 3.8) is 0 Å². The van der Waals surface area contributed by atoms with Gasteiger partial charge in [-0.25, -0.2) is 4.98 Å². The van der Waals surface area contributed by atoms with E-state index in [1.165, 1.54) is 34.4 Å². The molecule has 0 aromatic carbocycles. The highest BCUT2D eigenvalue weighted by molar-refractivity contribution is 14.1. The minimum Gasteiger partial charge on any atom is -0.235 e. The van der Waals surface area contributed by atoms with Crippen LogP contribution in [0.1, 0.15) is 44.2 Å². The Balaban J connectivity index is 2.14. The second kappa shape index (κ2) is 4.26. The standard InChI is InChI=1S/C10H14INS/c1-7-4-2-3-5-8(7)9-6-13-10(11)12-9/h6-8H,2-5H2,1H3. The molecule has 0 spiro atoms. The lowest BCUT2D eigenvalue weighted by Crippen LogP contribution is -2.14. The molecule has 0 aliphatic heterocycles. The lowest BCUT2D eigenvalue weighted by Gasteiger charge is -2.27. The lowest BCUT2D eigenvalue weighted by molar-refractivity contribution is 0.326. The summed E-state index contributed by atoms with van der Waals surface area (Å²) in [7, 11) is 0. The van der Waals surface area contributed by atoms with Crippen molar-refractivity contribution in [3.8, 4) is 0 Å². The van der Waals surface area contributed by atoms with Gasteiger partial charge in [-0.1, -0.05) is 26.2 Å². The van der Waals surface area contributed by atoms with E-state index in [2.05, 4.69) is 39.9 Å². The minimum absolute atomic E-state index is 0.744. The summed E-state index contributed by atoms with van der Waals surface area (Å²) in [6, 6.07) is 0. The third-order valence-electron chi connectivity index (χ3n) is 2.99. The highest BCUT2D eigenvalue weighted by atomic mass is 127. The number of halogens is 1. The Morgan fingerprint density at radius 1 is 1.46 bits per heavy atom. The molecule has 1 heterocycles. The van der Waals surface area contributed by atoms with E-state index in [9.17, 15) is 0 Å². The van der Waals surface area contributed by atoms with Crippen LogP contribution in [0.5, 0.6) is 0 Å². The summed E-state index contributed by atoms with van der Waals surface area (Å²) in [6.07, 6.45) is 5.54. The number of hydrogen-bond acceptors (Lipinski definition) is 2. The molecule has 2 rings (SSSR count). The molecule has 2 unspecified atom stereocenters. The fourth-order valence-corrected chi connectivity index (χ4v) is 3.45. The van der Waals surface area contributed by atoms with Crippen molar-refractivity contribution in [1.82, 2.24) is 4.98 Å². The van der Waals surface area contributed by atoms with E-state index in [-0.39, 0.29) is 0 Å². The normalized spacial score (nSPS) is 29.1. The van der Waals surface area contributed by atoms with Gasteiger partial charge in [0.05, 0.1) is 5.69 Å². The molecule has 13 heavy (non-hydrogen) atoms. The fraction of sp³-hybridized carbons (Fsp3) is 0.700. The molecule has 1 aliphatic carbocycles. The summed E-state index contributed by atoms with van der Waals surface area (Å²) < 4.78 is 1.19. The zero-order valence-electron chi connectivity index (χ0n) is 7.79. The summed E-state index contributed by atoms with van der Waals surface area (Å²) in [5.74, 6) is 1.58. The van der Waals surface area contributed by atoms with Gasteiger partial charge in [-0.3, -0.25) is 0 Å².